The van der Waals surface area contributed by atoms with Crippen molar-refractivity contribution in [1.29, 1.82) is 0 Å². The Morgan fingerprint density at radius 1 is 0.286 bits per heavy atom. The molecule has 17 nitrogen and oxygen atoms in total. The Morgan fingerprint density at radius 2 is 0.510 bits per heavy atom. The standard InChI is InChI=1S/C79H142O17P2/c1-5-9-13-17-21-25-29-33-35-36-38-42-44-48-52-56-60-64-77(82)90-70-75(96-79(84)66-62-58-54-50-46-40-32-28-24-20-16-12-8-4)72-94-98(87,88)92-68-73(80)67-91-97(85,86)93-71-74(95-78(83)65-61-57-53-49-45-39-31-27-23-19-15-11-7-3)69-89-76(81)63-59-55-51-47-43-41-37-34-30-26-22-18-14-10-6-2/h21-22,25-26,33-35,37-38,42,48,52,73-75,80H,5-20,23-24,27-32,36,39-41,43-47,49-51,53-72H2,1-4H3,(H,85,86)(H,87,88)/b25-21-,26-22-,35-33-,37-34-,42-38-,52-48-/t73-,74-,75-/m1/s1. The molecule has 0 fully saturated rings. The molecule has 0 aliphatic rings. The average molecular weight is 1430 g/mol. The van der Waals surface area contributed by atoms with E-state index < -0.39 is 97.5 Å². The second-order valence-electron chi connectivity index (χ2n) is 26.3. The minimum Gasteiger partial charge on any atom is -0.462 e. The number of aliphatic hydroxyl groups is 1. The third-order valence-electron chi connectivity index (χ3n) is 16.7. The third-order valence-corrected chi connectivity index (χ3v) is 18.6. The molecule has 0 aliphatic heterocycles. The van der Waals surface area contributed by atoms with Crippen LogP contribution in [0.1, 0.15) is 349 Å². The van der Waals surface area contributed by atoms with Crippen molar-refractivity contribution < 1.29 is 80.2 Å². The predicted molar refractivity (Wildman–Crippen MR) is 400 cm³/mol. The largest absolute Gasteiger partial charge is 0.472 e. The van der Waals surface area contributed by atoms with Crippen LogP contribution in [0.25, 0.3) is 0 Å². The maximum Gasteiger partial charge on any atom is 0.472 e. The summed E-state index contributed by atoms with van der Waals surface area (Å²) >= 11 is 0. The SMILES string of the molecule is CCCCC/C=C\C/C=C\C/C=C\C/C=C\CCCC(=O)OC[C@H](COP(=O)(O)OC[C@H](O)COP(=O)(O)OC[C@@H](COC(=O)CCCCCCC/C=C\C/C=C\CCCCC)OC(=O)CCCCCCCCCCCCCCC)OC(=O)CCCCCCCCCCCCCCC. The molecule has 0 radical (unpaired) electrons. The molecule has 0 aromatic rings. The van der Waals surface area contributed by atoms with Gasteiger partial charge in [0.15, 0.2) is 12.2 Å². The lowest BCUT2D eigenvalue weighted by Gasteiger charge is -2.21. The van der Waals surface area contributed by atoms with Crippen molar-refractivity contribution in [3.63, 3.8) is 0 Å². The monoisotopic (exact) mass is 1420 g/mol. The maximum atomic E-state index is 13.1. The molecule has 570 valence electrons. The number of carbonyl (C=O) groups is 4. The van der Waals surface area contributed by atoms with Gasteiger partial charge in [-0.2, -0.15) is 0 Å². The molecule has 0 saturated carbocycles. The van der Waals surface area contributed by atoms with Crippen molar-refractivity contribution in [3.05, 3.63) is 72.9 Å². The van der Waals surface area contributed by atoms with Gasteiger partial charge in [-0.1, -0.05) is 300 Å². The summed E-state index contributed by atoms with van der Waals surface area (Å²) in [6.07, 6.45) is 71.7. The summed E-state index contributed by atoms with van der Waals surface area (Å²) in [5.41, 5.74) is 0. The van der Waals surface area contributed by atoms with Crippen molar-refractivity contribution in [2.75, 3.05) is 39.6 Å². The molecule has 3 N–H and O–H groups in total. The highest BCUT2D eigenvalue weighted by Gasteiger charge is 2.30. The molecule has 0 spiro atoms. The van der Waals surface area contributed by atoms with Crippen LogP contribution in [-0.4, -0.2) is 96.7 Å². The van der Waals surface area contributed by atoms with Gasteiger partial charge in [0.1, 0.15) is 19.3 Å². The van der Waals surface area contributed by atoms with Crippen LogP contribution in [0.4, 0.5) is 0 Å². The molecule has 2 unspecified atom stereocenters. The van der Waals surface area contributed by atoms with Crippen LogP contribution >= 0.6 is 15.6 Å². The lowest BCUT2D eigenvalue weighted by Crippen LogP contribution is -2.30. The number of phosphoric ester groups is 2. The molecule has 0 rings (SSSR count). The van der Waals surface area contributed by atoms with E-state index >= 15 is 0 Å². The fourth-order valence-corrected chi connectivity index (χ4v) is 12.2. The number of phosphoric acid groups is 2. The number of unbranched alkanes of at least 4 members (excludes halogenated alkanes) is 36. The van der Waals surface area contributed by atoms with E-state index in [9.17, 15) is 43.2 Å². The highest BCUT2D eigenvalue weighted by atomic mass is 31.2. The number of esters is 4. The first-order valence-corrected chi connectivity index (χ1v) is 42.2. The van der Waals surface area contributed by atoms with Gasteiger partial charge in [-0.05, 0) is 96.3 Å². The van der Waals surface area contributed by atoms with Crippen molar-refractivity contribution in [1.82, 2.24) is 0 Å². The van der Waals surface area contributed by atoms with Gasteiger partial charge in [0, 0.05) is 25.7 Å². The summed E-state index contributed by atoms with van der Waals surface area (Å²) < 4.78 is 68.5. The molecule has 0 saturated heterocycles. The summed E-state index contributed by atoms with van der Waals surface area (Å²) in [5.74, 6) is -2.23. The quantitative estimate of drug-likeness (QED) is 0.0169. The molecule has 0 bridgehead atoms. The van der Waals surface area contributed by atoms with Crippen molar-refractivity contribution in [2.24, 2.45) is 0 Å². The maximum absolute atomic E-state index is 13.1. The molecule has 19 heteroatoms. The van der Waals surface area contributed by atoms with Gasteiger partial charge in [0.25, 0.3) is 0 Å². The van der Waals surface area contributed by atoms with E-state index in [1.807, 2.05) is 12.2 Å². The van der Waals surface area contributed by atoms with Gasteiger partial charge in [0.05, 0.1) is 26.4 Å². The Hall–Kier alpha value is -3.50. The topological polar surface area (TPSA) is 237 Å². The first kappa shape index (κ1) is 94.5. The van der Waals surface area contributed by atoms with Crippen LogP contribution in [0.15, 0.2) is 72.9 Å². The zero-order valence-electron chi connectivity index (χ0n) is 62.2. The minimum absolute atomic E-state index is 0.0885. The van der Waals surface area contributed by atoms with E-state index in [-0.39, 0.29) is 25.7 Å². The van der Waals surface area contributed by atoms with Gasteiger partial charge in [-0.3, -0.25) is 37.3 Å². The molecular formula is C79H142O17P2. The number of rotatable bonds is 74. The average Bonchev–Trinajstić information content (AvgIpc) is 0.969. The molecule has 5 atom stereocenters. The summed E-state index contributed by atoms with van der Waals surface area (Å²) in [6.45, 7) is 4.79. The van der Waals surface area contributed by atoms with Gasteiger partial charge in [-0.15, -0.1) is 0 Å². The van der Waals surface area contributed by atoms with Crippen LogP contribution < -0.4 is 0 Å². The zero-order valence-corrected chi connectivity index (χ0v) is 64.0. The van der Waals surface area contributed by atoms with Crippen LogP contribution in [-0.2, 0) is 65.4 Å². The highest BCUT2D eigenvalue weighted by Crippen LogP contribution is 2.45. The summed E-state index contributed by atoms with van der Waals surface area (Å²) in [7, 11) is -9.95. The molecular weight excluding hydrogens is 1280 g/mol. The summed E-state index contributed by atoms with van der Waals surface area (Å²) in [4.78, 5) is 72.8. The van der Waals surface area contributed by atoms with Crippen LogP contribution in [0.3, 0.4) is 0 Å². The van der Waals surface area contributed by atoms with Crippen LogP contribution in [0.5, 0.6) is 0 Å². The zero-order chi connectivity index (χ0) is 71.8. The van der Waals surface area contributed by atoms with Crippen LogP contribution in [0, 0.1) is 0 Å². The number of allylic oxidation sites excluding steroid dienone is 12. The second kappa shape index (κ2) is 71.9. The van der Waals surface area contributed by atoms with E-state index in [4.69, 9.17) is 37.0 Å². The van der Waals surface area contributed by atoms with E-state index in [0.717, 1.165) is 122 Å². The van der Waals surface area contributed by atoms with Gasteiger partial charge in [-0.25, -0.2) is 9.13 Å². The molecule has 0 amide bonds. The summed E-state index contributed by atoms with van der Waals surface area (Å²) in [5, 5.41) is 10.6. The fourth-order valence-electron chi connectivity index (χ4n) is 10.7. The van der Waals surface area contributed by atoms with E-state index in [1.165, 1.54) is 141 Å². The second-order valence-corrected chi connectivity index (χ2v) is 29.2. The Kier molecular flexibility index (Phi) is 69.3. The first-order chi connectivity index (χ1) is 47.7. The lowest BCUT2D eigenvalue weighted by molar-refractivity contribution is -0.161. The number of hydrogen-bond donors (Lipinski definition) is 3. The highest BCUT2D eigenvalue weighted by molar-refractivity contribution is 7.47. The number of aliphatic hydroxyl groups excluding tert-OH is 1. The first-order valence-electron chi connectivity index (χ1n) is 39.2. The van der Waals surface area contributed by atoms with Gasteiger partial charge < -0.3 is 33.8 Å². The van der Waals surface area contributed by atoms with Crippen molar-refractivity contribution >= 4 is 39.5 Å². The van der Waals surface area contributed by atoms with Gasteiger partial charge >= 0.3 is 39.5 Å². The van der Waals surface area contributed by atoms with Crippen molar-refractivity contribution in [2.45, 2.75) is 367 Å². The minimum atomic E-state index is -4.98. The van der Waals surface area contributed by atoms with Gasteiger partial charge in [0.2, 0.25) is 0 Å². The third kappa shape index (κ3) is 70.9. The predicted octanol–water partition coefficient (Wildman–Crippen LogP) is 22.4. The molecule has 0 aromatic heterocycles. The van der Waals surface area contributed by atoms with E-state index in [1.54, 1.807) is 0 Å². The lowest BCUT2D eigenvalue weighted by atomic mass is 10.0. The number of ether oxygens (including phenoxy) is 4. The molecule has 0 aromatic carbocycles. The Bertz CT molecular complexity index is 2140. The Balaban J connectivity index is 5.36. The smallest absolute Gasteiger partial charge is 0.462 e. The fraction of sp³-hybridized carbons (Fsp3) is 0.797. The normalized spacial score (nSPS) is 14.3. The molecule has 98 heavy (non-hydrogen) atoms. The molecule has 0 aliphatic carbocycles. The number of carbonyl (C=O) groups excluding carboxylic acids is 4. The van der Waals surface area contributed by atoms with Crippen molar-refractivity contribution in [3.8, 4) is 0 Å². The Morgan fingerprint density at radius 3 is 0.827 bits per heavy atom. The van der Waals surface area contributed by atoms with E-state index in [2.05, 4.69) is 88.5 Å². The Labute approximate surface area is 596 Å². The molecule has 0 heterocycles. The summed E-state index contributed by atoms with van der Waals surface area (Å²) in [6, 6.07) is 0. The van der Waals surface area contributed by atoms with E-state index in [0.29, 0.717) is 32.1 Å². The number of hydrogen-bond acceptors (Lipinski definition) is 15. The van der Waals surface area contributed by atoms with Crippen LogP contribution in [0.2, 0.25) is 0 Å².